The fourth-order valence-electron chi connectivity index (χ4n) is 5.00. The molecule has 3 fully saturated rings. The van der Waals surface area contributed by atoms with Gasteiger partial charge in [-0.25, -0.2) is 4.79 Å². The highest BCUT2D eigenvalue weighted by Gasteiger charge is 2.40. The van der Waals surface area contributed by atoms with Crippen molar-refractivity contribution in [1.29, 1.82) is 0 Å². The summed E-state index contributed by atoms with van der Waals surface area (Å²) >= 11 is 0. The standard InChI is InChI=1S/C21H30N4O4/c1-23(13-15-6-4-10-24-9-3-2-8-18(15)24)19(26)12-17-20(27)25(21(28)22-17)14-16-7-5-11-29-16/h5,7,11,15,17-18H,2-4,6,8-10,12-14H2,1H3,(H,22,28)/t15-,17-,18+/m0/s1. The number of furan rings is 1. The van der Waals surface area contributed by atoms with Crippen LogP contribution in [0.25, 0.3) is 0 Å². The minimum absolute atomic E-state index is 0.00315. The molecule has 3 aliphatic heterocycles. The predicted octanol–water partition coefficient (Wildman–Crippen LogP) is 1.81. The molecule has 1 aromatic heterocycles. The third kappa shape index (κ3) is 4.32. The van der Waals surface area contributed by atoms with E-state index in [1.165, 1.54) is 45.0 Å². The molecule has 158 valence electrons. The second kappa shape index (κ2) is 8.57. The number of nitrogens with zero attached hydrogens (tertiary/aromatic N) is 3. The molecule has 1 N–H and O–H groups in total. The van der Waals surface area contributed by atoms with E-state index in [1.807, 2.05) is 7.05 Å². The van der Waals surface area contributed by atoms with Crippen LogP contribution in [0.2, 0.25) is 0 Å². The molecule has 3 atom stereocenters. The Hall–Kier alpha value is -2.35. The fourth-order valence-corrected chi connectivity index (χ4v) is 5.00. The summed E-state index contributed by atoms with van der Waals surface area (Å²) in [6, 6.07) is 2.72. The van der Waals surface area contributed by atoms with Crippen molar-refractivity contribution >= 4 is 17.8 Å². The zero-order chi connectivity index (χ0) is 20.4. The maximum absolute atomic E-state index is 12.8. The Morgan fingerprint density at radius 1 is 1.24 bits per heavy atom. The average molecular weight is 402 g/mol. The molecule has 0 bridgehead atoms. The largest absolute Gasteiger partial charge is 0.467 e. The lowest BCUT2D eigenvalue weighted by Crippen LogP contribution is -2.51. The van der Waals surface area contributed by atoms with Crippen molar-refractivity contribution in [3.8, 4) is 0 Å². The summed E-state index contributed by atoms with van der Waals surface area (Å²) in [6.45, 7) is 3.14. The van der Waals surface area contributed by atoms with Gasteiger partial charge in [-0.05, 0) is 56.8 Å². The van der Waals surface area contributed by atoms with Crippen LogP contribution in [0.15, 0.2) is 22.8 Å². The number of nitrogens with one attached hydrogen (secondary N) is 1. The second-order valence-corrected chi connectivity index (χ2v) is 8.49. The van der Waals surface area contributed by atoms with E-state index in [1.54, 1.807) is 17.0 Å². The monoisotopic (exact) mass is 402 g/mol. The van der Waals surface area contributed by atoms with Crippen molar-refractivity contribution in [2.45, 2.75) is 57.2 Å². The number of carbonyl (C=O) groups excluding carboxylic acids is 3. The first-order valence-electron chi connectivity index (χ1n) is 10.6. The van der Waals surface area contributed by atoms with Crippen molar-refractivity contribution in [3.05, 3.63) is 24.2 Å². The third-order valence-electron chi connectivity index (χ3n) is 6.54. The third-order valence-corrected chi connectivity index (χ3v) is 6.54. The van der Waals surface area contributed by atoms with Gasteiger partial charge in [0, 0.05) is 19.6 Å². The Kier molecular flexibility index (Phi) is 5.89. The molecule has 4 amide bonds. The van der Waals surface area contributed by atoms with E-state index in [9.17, 15) is 14.4 Å². The summed E-state index contributed by atoms with van der Waals surface area (Å²) in [5.74, 6) is 0.551. The van der Waals surface area contributed by atoms with E-state index in [0.29, 0.717) is 24.3 Å². The summed E-state index contributed by atoms with van der Waals surface area (Å²) in [4.78, 5) is 43.0. The molecule has 29 heavy (non-hydrogen) atoms. The molecular weight excluding hydrogens is 372 g/mol. The number of hydrogen-bond acceptors (Lipinski definition) is 5. The molecular formula is C21H30N4O4. The van der Waals surface area contributed by atoms with Gasteiger partial charge in [0.1, 0.15) is 11.8 Å². The van der Waals surface area contributed by atoms with Gasteiger partial charge in [0.25, 0.3) is 5.91 Å². The highest BCUT2D eigenvalue weighted by Crippen LogP contribution is 2.31. The maximum atomic E-state index is 12.8. The van der Waals surface area contributed by atoms with Gasteiger partial charge in [-0.15, -0.1) is 0 Å². The van der Waals surface area contributed by atoms with Crippen LogP contribution >= 0.6 is 0 Å². The molecule has 3 saturated heterocycles. The Morgan fingerprint density at radius 3 is 2.86 bits per heavy atom. The van der Waals surface area contributed by atoms with Crippen molar-refractivity contribution < 1.29 is 18.8 Å². The summed E-state index contributed by atoms with van der Waals surface area (Å²) in [6.07, 6.45) is 7.58. The first-order chi connectivity index (χ1) is 14.0. The molecule has 4 rings (SSSR count). The van der Waals surface area contributed by atoms with Crippen molar-refractivity contribution in [2.24, 2.45) is 5.92 Å². The van der Waals surface area contributed by atoms with Crippen LogP contribution in [0.3, 0.4) is 0 Å². The number of imide groups is 1. The summed E-state index contributed by atoms with van der Waals surface area (Å²) in [5, 5.41) is 2.64. The highest BCUT2D eigenvalue weighted by molar-refractivity contribution is 6.05. The van der Waals surface area contributed by atoms with Crippen LogP contribution in [0.1, 0.15) is 44.3 Å². The molecule has 8 heteroatoms. The van der Waals surface area contributed by atoms with E-state index in [2.05, 4.69) is 10.2 Å². The number of carbonyl (C=O) groups is 3. The lowest BCUT2D eigenvalue weighted by molar-refractivity contribution is -0.135. The Labute approximate surface area is 171 Å². The van der Waals surface area contributed by atoms with Crippen LogP contribution in [0, 0.1) is 5.92 Å². The van der Waals surface area contributed by atoms with Crippen LogP contribution in [-0.2, 0) is 16.1 Å². The summed E-state index contributed by atoms with van der Waals surface area (Å²) in [5.41, 5.74) is 0. The van der Waals surface area contributed by atoms with E-state index in [0.717, 1.165) is 11.3 Å². The molecule has 3 aliphatic rings. The smallest absolute Gasteiger partial charge is 0.325 e. The number of rotatable bonds is 6. The van der Waals surface area contributed by atoms with Crippen LogP contribution < -0.4 is 5.32 Å². The van der Waals surface area contributed by atoms with Gasteiger partial charge < -0.3 is 19.5 Å². The zero-order valence-corrected chi connectivity index (χ0v) is 17.0. The lowest BCUT2D eigenvalue weighted by Gasteiger charge is -2.45. The molecule has 0 spiro atoms. The van der Waals surface area contributed by atoms with Gasteiger partial charge >= 0.3 is 6.03 Å². The quantitative estimate of drug-likeness (QED) is 0.734. The SMILES string of the molecule is CN(C[C@@H]1CCCN2CCCC[C@H]12)C(=O)C[C@@H]1NC(=O)N(Cc2ccco2)C1=O. The van der Waals surface area contributed by atoms with E-state index >= 15 is 0 Å². The average Bonchev–Trinajstić information content (AvgIpc) is 3.32. The lowest BCUT2D eigenvalue weighted by atomic mass is 9.83. The van der Waals surface area contributed by atoms with Gasteiger partial charge in [0.05, 0.1) is 19.2 Å². The minimum Gasteiger partial charge on any atom is -0.467 e. The van der Waals surface area contributed by atoms with Gasteiger partial charge in [-0.3, -0.25) is 14.5 Å². The molecule has 0 aromatic carbocycles. The number of amides is 4. The van der Waals surface area contributed by atoms with Crippen molar-refractivity contribution in [3.63, 3.8) is 0 Å². The van der Waals surface area contributed by atoms with E-state index in [-0.39, 0.29) is 24.8 Å². The first kappa shape index (κ1) is 19.9. The maximum Gasteiger partial charge on any atom is 0.325 e. The molecule has 0 radical (unpaired) electrons. The number of piperidine rings is 2. The highest BCUT2D eigenvalue weighted by atomic mass is 16.3. The van der Waals surface area contributed by atoms with Gasteiger partial charge in [0.2, 0.25) is 5.91 Å². The van der Waals surface area contributed by atoms with Gasteiger partial charge in [-0.2, -0.15) is 0 Å². The fraction of sp³-hybridized carbons (Fsp3) is 0.667. The minimum atomic E-state index is -0.801. The van der Waals surface area contributed by atoms with E-state index < -0.39 is 12.1 Å². The molecule has 4 heterocycles. The molecule has 0 saturated carbocycles. The number of fused-ring (bicyclic) bond motifs is 1. The normalized spacial score (nSPS) is 27.6. The molecule has 0 aliphatic carbocycles. The number of urea groups is 1. The zero-order valence-electron chi connectivity index (χ0n) is 17.0. The summed E-state index contributed by atoms with van der Waals surface area (Å²) < 4.78 is 5.22. The van der Waals surface area contributed by atoms with Crippen LogP contribution in [0.5, 0.6) is 0 Å². The van der Waals surface area contributed by atoms with Crippen LogP contribution in [-0.4, -0.2) is 71.3 Å². The second-order valence-electron chi connectivity index (χ2n) is 8.49. The molecule has 8 nitrogen and oxygen atoms in total. The summed E-state index contributed by atoms with van der Waals surface area (Å²) in [7, 11) is 1.81. The van der Waals surface area contributed by atoms with Crippen LogP contribution in [0.4, 0.5) is 4.79 Å². The first-order valence-corrected chi connectivity index (χ1v) is 10.6. The molecule has 1 aromatic rings. The Bertz CT molecular complexity index is 748. The topological polar surface area (TPSA) is 86.1 Å². The van der Waals surface area contributed by atoms with Crippen molar-refractivity contribution in [1.82, 2.24) is 20.0 Å². The predicted molar refractivity (Wildman–Crippen MR) is 106 cm³/mol. The van der Waals surface area contributed by atoms with Gasteiger partial charge in [-0.1, -0.05) is 6.42 Å². The van der Waals surface area contributed by atoms with E-state index in [4.69, 9.17) is 4.42 Å². The Balaban J connectivity index is 1.31. The number of hydrogen-bond donors (Lipinski definition) is 1. The Morgan fingerprint density at radius 2 is 2.07 bits per heavy atom. The van der Waals surface area contributed by atoms with Crippen molar-refractivity contribution in [2.75, 3.05) is 26.7 Å². The van der Waals surface area contributed by atoms with Gasteiger partial charge in [0.15, 0.2) is 0 Å². The molecule has 0 unspecified atom stereocenters.